The molecule has 0 aliphatic carbocycles. The number of carbonyl (C=O) groups excluding carboxylic acids is 1. The number of carbonyl (C=O) groups is 1. The van der Waals surface area contributed by atoms with Crippen LogP contribution < -0.4 is 0 Å². The lowest BCUT2D eigenvalue weighted by atomic mass is 9.92. The van der Waals surface area contributed by atoms with E-state index in [1.807, 2.05) is 41.3 Å². The van der Waals surface area contributed by atoms with E-state index in [-0.39, 0.29) is 0 Å². The first kappa shape index (κ1) is 20.3. The Morgan fingerprint density at radius 3 is 2.39 bits per heavy atom. The van der Waals surface area contributed by atoms with E-state index in [4.69, 9.17) is 16.7 Å². The predicted octanol–water partition coefficient (Wildman–Crippen LogP) is 3.59. The van der Waals surface area contributed by atoms with Crippen molar-refractivity contribution in [3.8, 4) is 5.69 Å². The zero-order valence-corrected chi connectivity index (χ0v) is 17.3. The number of nitrogens with zero attached hydrogens (tertiary/aromatic N) is 5. The van der Waals surface area contributed by atoms with Gasteiger partial charge in [-0.15, -0.1) is 0 Å². The highest BCUT2D eigenvalue weighted by molar-refractivity contribution is 6.30. The van der Waals surface area contributed by atoms with Gasteiger partial charge in [0.25, 0.3) is 0 Å². The highest BCUT2D eigenvalue weighted by Crippen LogP contribution is 2.33. The number of hydrogen-bond acceptors (Lipinski definition) is 4. The second kappa shape index (κ2) is 9.17. The van der Waals surface area contributed by atoms with Crippen molar-refractivity contribution in [2.45, 2.75) is 18.8 Å². The summed E-state index contributed by atoms with van der Waals surface area (Å²) in [5.41, 5.74) is 3.28. The second-order valence-electron chi connectivity index (χ2n) is 7.31. The molecule has 0 saturated carbocycles. The largest absolute Gasteiger partial charge is 0.351 e. The third-order valence-corrected chi connectivity index (χ3v) is 5.15. The SMILES string of the molecule is CN(C)C=O.CN1CCC(c2nn(-c3ccc(Cl)cc3)c3cnccc23)CC1. The maximum Gasteiger partial charge on any atom is 0.209 e. The van der Waals surface area contributed by atoms with Crippen LogP contribution >= 0.6 is 11.6 Å². The summed E-state index contributed by atoms with van der Waals surface area (Å²) in [6, 6.07) is 9.88. The van der Waals surface area contributed by atoms with E-state index in [1.54, 1.807) is 14.1 Å². The van der Waals surface area contributed by atoms with Crippen molar-refractivity contribution in [3.63, 3.8) is 0 Å². The lowest BCUT2D eigenvalue weighted by Gasteiger charge is -2.28. The van der Waals surface area contributed by atoms with Gasteiger partial charge in [0.05, 0.1) is 23.1 Å². The van der Waals surface area contributed by atoms with Crippen LogP contribution in [0, 0.1) is 0 Å². The second-order valence-corrected chi connectivity index (χ2v) is 7.75. The van der Waals surface area contributed by atoms with Gasteiger partial charge in [0.1, 0.15) is 0 Å². The fourth-order valence-electron chi connectivity index (χ4n) is 3.35. The van der Waals surface area contributed by atoms with Gasteiger partial charge in [-0.1, -0.05) is 11.6 Å². The molecule has 0 radical (unpaired) electrons. The molecule has 28 heavy (non-hydrogen) atoms. The van der Waals surface area contributed by atoms with E-state index in [0.717, 1.165) is 48.6 Å². The van der Waals surface area contributed by atoms with Crippen LogP contribution in [-0.4, -0.2) is 65.2 Å². The number of hydrogen-bond donors (Lipinski definition) is 0. The fourth-order valence-corrected chi connectivity index (χ4v) is 3.48. The van der Waals surface area contributed by atoms with E-state index in [9.17, 15) is 4.79 Å². The Balaban J connectivity index is 0.000000403. The third-order valence-electron chi connectivity index (χ3n) is 4.90. The van der Waals surface area contributed by atoms with Crippen molar-refractivity contribution in [1.29, 1.82) is 0 Å². The van der Waals surface area contributed by atoms with Crippen LogP contribution in [-0.2, 0) is 4.79 Å². The Morgan fingerprint density at radius 2 is 1.79 bits per heavy atom. The molecule has 6 nitrogen and oxygen atoms in total. The molecule has 0 bridgehead atoms. The van der Waals surface area contributed by atoms with Crippen LogP contribution in [0.5, 0.6) is 0 Å². The van der Waals surface area contributed by atoms with Gasteiger partial charge in [0, 0.05) is 36.6 Å². The summed E-state index contributed by atoms with van der Waals surface area (Å²) >= 11 is 6.01. The van der Waals surface area contributed by atoms with Crippen LogP contribution in [0.25, 0.3) is 16.6 Å². The Bertz CT molecular complexity index is 914. The molecule has 0 spiro atoms. The molecule has 1 amide bonds. The predicted molar refractivity (Wildman–Crippen MR) is 113 cm³/mol. The van der Waals surface area contributed by atoms with Gasteiger partial charge in [-0.25, -0.2) is 4.68 Å². The number of benzene rings is 1. The standard InChI is InChI=1S/C18H19ClN4.C3H7NO/c1-22-10-7-13(8-11-22)18-16-6-9-20-12-17(16)23(21-18)15-4-2-14(19)3-5-15;1-4(2)3-5/h2-6,9,12-13H,7-8,10-11H2,1H3;3H,1-2H3. The molecule has 0 unspecified atom stereocenters. The zero-order chi connectivity index (χ0) is 20.1. The third kappa shape index (κ3) is 4.69. The molecule has 0 N–H and O–H groups in total. The molecule has 0 atom stereocenters. The van der Waals surface area contributed by atoms with Gasteiger partial charge in [0.2, 0.25) is 6.41 Å². The summed E-state index contributed by atoms with van der Waals surface area (Å²) in [5, 5.41) is 6.90. The molecule has 2 aromatic heterocycles. The monoisotopic (exact) mass is 399 g/mol. The normalized spacial score (nSPS) is 15.1. The molecule has 1 aliphatic heterocycles. The van der Waals surface area contributed by atoms with Crippen molar-refractivity contribution in [3.05, 3.63) is 53.4 Å². The number of piperidine rings is 1. The van der Waals surface area contributed by atoms with Gasteiger partial charge in [-0.05, 0) is 63.3 Å². The number of amides is 1. The van der Waals surface area contributed by atoms with Gasteiger partial charge in [-0.3, -0.25) is 9.78 Å². The van der Waals surface area contributed by atoms with Crippen molar-refractivity contribution < 1.29 is 4.79 Å². The number of likely N-dealkylation sites (tertiary alicyclic amines) is 1. The molecule has 148 valence electrons. The quantitative estimate of drug-likeness (QED) is 0.631. The van der Waals surface area contributed by atoms with Gasteiger partial charge >= 0.3 is 0 Å². The van der Waals surface area contributed by atoms with E-state index >= 15 is 0 Å². The first-order valence-electron chi connectivity index (χ1n) is 9.38. The summed E-state index contributed by atoms with van der Waals surface area (Å²) in [5.74, 6) is 0.518. The van der Waals surface area contributed by atoms with Gasteiger partial charge in [0.15, 0.2) is 0 Å². The topological polar surface area (TPSA) is 54.3 Å². The molecular formula is C21H26ClN5O. The summed E-state index contributed by atoms with van der Waals surface area (Å²) in [4.78, 5) is 17.6. The average Bonchev–Trinajstić information content (AvgIpc) is 3.09. The maximum atomic E-state index is 9.43. The smallest absolute Gasteiger partial charge is 0.209 e. The minimum Gasteiger partial charge on any atom is -0.351 e. The Kier molecular flexibility index (Phi) is 6.65. The number of halogens is 1. The molecule has 3 heterocycles. The molecule has 1 saturated heterocycles. The summed E-state index contributed by atoms with van der Waals surface area (Å²) < 4.78 is 1.99. The Morgan fingerprint density at radius 1 is 1.14 bits per heavy atom. The molecule has 1 aromatic carbocycles. The van der Waals surface area contributed by atoms with E-state index in [0.29, 0.717) is 5.92 Å². The molecule has 1 fully saturated rings. The maximum absolute atomic E-state index is 9.43. The van der Waals surface area contributed by atoms with Crippen molar-refractivity contribution in [1.82, 2.24) is 24.6 Å². The van der Waals surface area contributed by atoms with E-state index < -0.39 is 0 Å². The summed E-state index contributed by atoms with van der Waals surface area (Å²) in [6.07, 6.45) is 6.82. The Labute approximate surface area is 170 Å². The zero-order valence-electron chi connectivity index (χ0n) is 16.5. The van der Waals surface area contributed by atoms with Crippen molar-refractivity contribution in [2.24, 2.45) is 0 Å². The van der Waals surface area contributed by atoms with E-state index in [1.165, 1.54) is 16.0 Å². The van der Waals surface area contributed by atoms with Crippen molar-refractivity contribution in [2.75, 3.05) is 34.2 Å². The lowest BCUT2D eigenvalue weighted by Crippen LogP contribution is -2.29. The summed E-state index contributed by atoms with van der Waals surface area (Å²) in [6.45, 7) is 2.26. The molecule has 3 aromatic rings. The van der Waals surface area contributed by atoms with Crippen LogP contribution in [0.3, 0.4) is 0 Å². The first-order valence-corrected chi connectivity index (χ1v) is 9.76. The fraction of sp³-hybridized carbons (Fsp3) is 0.381. The minimum absolute atomic E-state index is 0.518. The summed E-state index contributed by atoms with van der Waals surface area (Å²) in [7, 11) is 5.56. The minimum atomic E-state index is 0.518. The van der Waals surface area contributed by atoms with Gasteiger partial charge in [-0.2, -0.15) is 5.10 Å². The highest BCUT2D eigenvalue weighted by atomic mass is 35.5. The number of rotatable bonds is 3. The molecule has 1 aliphatic rings. The lowest BCUT2D eigenvalue weighted by molar-refractivity contribution is -0.115. The van der Waals surface area contributed by atoms with Crippen molar-refractivity contribution >= 4 is 28.9 Å². The number of aromatic nitrogens is 3. The average molecular weight is 400 g/mol. The van der Waals surface area contributed by atoms with Crippen LogP contribution in [0.1, 0.15) is 24.5 Å². The number of fused-ring (bicyclic) bond motifs is 1. The van der Waals surface area contributed by atoms with E-state index in [2.05, 4.69) is 23.0 Å². The number of pyridine rings is 1. The first-order chi connectivity index (χ1) is 13.5. The van der Waals surface area contributed by atoms with Gasteiger partial charge < -0.3 is 9.80 Å². The Hall–Kier alpha value is -2.44. The van der Waals surface area contributed by atoms with Crippen LogP contribution in [0.4, 0.5) is 0 Å². The highest BCUT2D eigenvalue weighted by Gasteiger charge is 2.24. The molecule has 4 rings (SSSR count). The van der Waals surface area contributed by atoms with Crippen LogP contribution in [0.15, 0.2) is 42.7 Å². The van der Waals surface area contributed by atoms with Crippen LogP contribution in [0.2, 0.25) is 5.02 Å². The molecule has 7 heteroatoms. The molecular weight excluding hydrogens is 374 g/mol.